The van der Waals surface area contributed by atoms with Gasteiger partial charge in [-0.25, -0.2) is 9.59 Å². The topological polar surface area (TPSA) is 175 Å². The van der Waals surface area contributed by atoms with Crippen LogP contribution in [0.1, 0.15) is 158 Å². The van der Waals surface area contributed by atoms with Crippen molar-refractivity contribution in [1.82, 2.24) is 4.90 Å². The number of esters is 4. The highest BCUT2D eigenvalue weighted by atomic mass is 16.5. The third-order valence-corrected chi connectivity index (χ3v) is 7.46. The number of aliphatic hydroxyl groups excluding tert-OH is 2. The molecule has 0 fully saturated rings. The Kier molecular flexibility index (Phi) is 43.8. The fourth-order valence-electron chi connectivity index (χ4n) is 3.89. The molecule has 0 aliphatic rings. The van der Waals surface area contributed by atoms with Crippen molar-refractivity contribution in [2.45, 2.75) is 137 Å². The average molecular weight is 786 g/mol. The molecule has 1 aromatic rings. The average Bonchev–Trinajstić information content (AvgIpc) is 3.17. The molecule has 0 unspecified atom stereocenters. The molecular weight excluding hydrogens is 710 g/mol. The molecule has 0 aliphatic carbocycles. The Morgan fingerprint density at radius 3 is 1.11 bits per heavy atom. The zero-order valence-electron chi connectivity index (χ0n) is 35.2. The van der Waals surface area contributed by atoms with E-state index in [4.69, 9.17) is 29.2 Å². The smallest absolute Gasteiger partial charge is 0.339 e. The van der Waals surface area contributed by atoms with Crippen molar-refractivity contribution in [2.24, 2.45) is 0 Å². The summed E-state index contributed by atoms with van der Waals surface area (Å²) >= 11 is 0. The number of hydrogen-bond acceptors (Lipinski definition) is 12. The number of hydrogen-bond donors (Lipinski definition) is 2. The number of amides is 1. The molecule has 0 aromatic heterocycles. The first-order valence-corrected chi connectivity index (χ1v) is 20.2. The number of aliphatic hydroxyl groups is 2. The molecule has 55 heavy (non-hydrogen) atoms. The van der Waals surface area contributed by atoms with Gasteiger partial charge in [0.15, 0.2) is 0 Å². The molecule has 2 N–H and O–H groups in total. The zero-order chi connectivity index (χ0) is 42.0. The molecule has 0 atom stereocenters. The van der Waals surface area contributed by atoms with Gasteiger partial charge < -0.3 is 38.8 Å². The normalized spacial score (nSPS) is 9.91. The van der Waals surface area contributed by atoms with Crippen molar-refractivity contribution in [3.05, 3.63) is 35.4 Å². The van der Waals surface area contributed by atoms with E-state index in [9.17, 15) is 24.0 Å². The van der Waals surface area contributed by atoms with Gasteiger partial charge in [0.05, 0.1) is 64.0 Å². The van der Waals surface area contributed by atoms with Gasteiger partial charge in [0.1, 0.15) is 0 Å². The van der Waals surface area contributed by atoms with Crippen LogP contribution in [0.4, 0.5) is 0 Å². The van der Waals surface area contributed by atoms with Crippen molar-refractivity contribution in [3.63, 3.8) is 0 Å². The summed E-state index contributed by atoms with van der Waals surface area (Å²) in [6.07, 6.45) is 14.8. The minimum atomic E-state index is -0.471. The lowest BCUT2D eigenvalue weighted by atomic mass is 10.1. The van der Waals surface area contributed by atoms with Gasteiger partial charge in [0, 0.05) is 33.9 Å². The maximum atomic E-state index is 11.9. The van der Waals surface area contributed by atoms with Crippen LogP contribution in [0.5, 0.6) is 0 Å². The highest BCUT2D eigenvalue weighted by Crippen LogP contribution is 2.13. The van der Waals surface area contributed by atoms with Gasteiger partial charge in [-0.15, -0.1) is 0 Å². The molecule has 320 valence electrons. The molecular formula is C42H75NO12. The predicted molar refractivity (Wildman–Crippen MR) is 215 cm³/mol. The summed E-state index contributed by atoms with van der Waals surface area (Å²) in [7, 11) is 3.45. The fraction of sp³-hybridized carbons (Fsp3) is 0.738. The SMILES string of the molecule is CC(=O)N(C)C.CCCCOC(=O)CCCCCCCCC(=O)OCCCC.CCCCOC(=O)c1ccccc1C(=O)OCCCC.OCCOCCO. The van der Waals surface area contributed by atoms with E-state index in [2.05, 4.69) is 18.6 Å². The molecule has 1 aromatic carbocycles. The van der Waals surface area contributed by atoms with Crippen molar-refractivity contribution < 1.29 is 57.9 Å². The van der Waals surface area contributed by atoms with Gasteiger partial charge >= 0.3 is 23.9 Å². The van der Waals surface area contributed by atoms with Crippen LogP contribution in [0.25, 0.3) is 0 Å². The highest BCUT2D eigenvalue weighted by Gasteiger charge is 2.18. The molecule has 0 aliphatic heterocycles. The third kappa shape index (κ3) is 39.9. The molecule has 0 saturated carbocycles. The van der Waals surface area contributed by atoms with Crippen molar-refractivity contribution in [1.29, 1.82) is 0 Å². The Morgan fingerprint density at radius 2 is 0.818 bits per heavy atom. The van der Waals surface area contributed by atoms with Crippen molar-refractivity contribution in [3.8, 4) is 0 Å². The molecule has 0 bridgehead atoms. The minimum absolute atomic E-state index is 0.0278. The molecule has 0 radical (unpaired) electrons. The first kappa shape index (κ1) is 55.8. The van der Waals surface area contributed by atoms with Gasteiger partial charge in [-0.3, -0.25) is 14.4 Å². The van der Waals surface area contributed by atoms with E-state index in [1.54, 1.807) is 38.4 Å². The number of carbonyl (C=O) groups is 5. The van der Waals surface area contributed by atoms with Crippen molar-refractivity contribution >= 4 is 29.8 Å². The van der Waals surface area contributed by atoms with E-state index in [1.165, 1.54) is 11.8 Å². The van der Waals surface area contributed by atoms with E-state index in [-0.39, 0.29) is 42.2 Å². The Labute approximate surface area is 331 Å². The lowest BCUT2D eigenvalue weighted by Gasteiger charge is -2.09. The van der Waals surface area contributed by atoms with Crippen LogP contribution in [0.3, 0.4) is 0 Å². The van der Waals surface area contributed by atoms with Gasteiger partial charge in [0.2, 0.25) is 5.91 Å². The largest absolute Gasteiger partial charge is 0.466 e. The van der Waals surface area contributed by atoms with Gasteiger partial charge in [-0.1, -0.05) is 91.2 Å². The van der Waals surface area contributed by atoms with E-state index in [0.29, 0.717) is 52.5 Å². The molecule has 1 amide bonds. The van der Waals surface area contributed by atoms with E-state index in [1.807, 2.05) is 13.8 Å². The molecule has 0 saturated heterocycles. The van der Waals surface area contributed by atoms with Crippen LogP contribution < -0.4 is 0 Å². The number of ether oxygens (including phenoxy) is 5. The summed E-state index contributed by atoms with van der Waals surface area (Å²) in [6, 6.07) is 6.59. The highest BCUT2D eigenvalue weighted by molar-refractivity contribution is 6.03. The first-order valence-electron chi connectivity index (χ1n) is 20.2. The summed E-state index contributed by atoms with van der Waals surface area (Å²) in [5, 5.41) is 16.2. The second-order valence-electron chi connectivity index (χ2n) is 12.8. The number of unbranched alkanes of at least 4 members (excludes halogenated alkanes) is 9. The predicted octanol–water partition coefficient (Wildman–Crippen LogP) is 7.48. The lowest BCUT2D eigenvalue weighted by Crippen LogP contribution is -2.17. The monoisotopic (exact) mass is 786 g/mol. The number of rotatable bonds is 27. The lowest BCUT2D eigenvalue weighted by molar-refractivity contribution is -0.144. The zero-order valence-corrected chi connectivity index (χ0v) is 35.2. The summed E-state index contributed by atoms with van der Waals surface area (Å²) in [4.78, 5) is 58.2. The number of nitrogens with zero attached hydrogens (tertiary/aromatic N) is 1. The van der Waals surface area contributed by atoms with Crippen LogP contribution in [-0.2, 0) is 38.1 Å². The van der Waals surface area contributed by atoms with Crippen LogP contribution in [0, 0.1) is 0 Å². The molecule has 0 spiro atoms. The van der Waals surface area contributed by atoms with Crippen LogP contribution >= 0.6 is 0 Å². The van der Waals surface area contributed by atoms with Crippen LogP contribution in [-0.4, -0.2) is 112 Å². The van der Waals surface area contributed by atoms with E-state index >= 15 is 0 Å². The minimum Gasteiger partial charge on any atom is -0.466 e. The summed E-state index contributed by atoms with van der Waals surface area (Å²) in [6.45, 7) is 12.3. The molecule has 0 heterocycles. The van der Waals surface area contributed by atoms with Crippen molar-refractivity contribution in [2.75, 3.05) is 67.0 Å². The molecule has 13 heteroatoms. The standard InChI is InChI=1S/C18H34O4.C16H22O4.C4H9NO.C4H10O3/c1-3-5-15-21-17(19)13-11-9-7-8-10-12-14-18(20)22-16-6-4-2;1-3-5-11-19-15(17)13-9-7-8-10-14(13)16(18)20-12-6-4-2;1-4(6)5(2)3;5-1-3-7-4-2-6/h3-16H2,1-2H3;7-10H,3-6,11-12H2,1-2H3;1-3H3;5-6H,1-4H2. The number of carbonyl (C=O) groups excluding carboxylic acids is 5. The summed E-state index contributed by atoms with van der Waals surface area (Å²) < 4.78 is 25.1. The summed E-state index contributed by atoms with van der Waals surface area (Å²) in [5.74, 6) is -0.982. The van der Waals surface area contributed by atoms with Gasteiger partial charge in [-0.2, -0.15) is 0 Å². The Morgan fingerprint density at radius 1 is 0.509 bits per heavy atom. The maximum absolute atomic E-state index is 11.9. The second kappa shape index (κ2) is 43.2. The third-order valence-electron chi connectivity index (χ3n) is 7.46. The fourth-order valence-corrected chi connectivity index (χ4v) is 3.89. The summed E-state index contributed by atoms with van der Waals surface area (Å²) in [5.41, 5.74) is 0.537. The Balaban J connectivity index is -0.000000746. The first-order chi connectivity index (χ1) is 26.5. The molecule has 1 rings (SSSR count). The number of benzene rings is 1. The quantitative estimate of drug-likeness (QED) is 0.0512. The van der Waals surface area contributed by atoms with E-state index < -0.39 is 11.9 Å². The Hall–Kier alpha value is -3.55. The van der Waals surface area contributed by atoms with Crippen LogP contribution in [0.15, 0.2) is 24.3 Å². The van der Waals surface area contributed by atoms with E-state index in [0.717, 1.165) is 89.9 Å². The maximum Gasteiger partial charge on any atom is 0.339 e. The molecule has 13 nitrogen and oxygen atoms in total. The second-order valence-corrected chi connectivity index (χ2v) is 12.8. The van der Waals surface area contributed by atoms with Crippen LogP contribution in [0.2, 0.25) is 0 Å². The van der Waals surface area contributed by atoms with Gasteiger partial charge in [0.25, 0.3) is 0 Å². The van der Waals surface area contributed by atoms with Gasteiger partial charge in [-0.05, 0) is 50.7 Å². The Bertz CT molecular complexity index is 1010.